The van der Waals surface area contributed by atoms with Gasteiger partial charge in [-0.2, -0.15) is 5.10 Å². The number of hydrogen-bond acceptors (Lipinski definition) is 2. The summed E-state index contributed by atoms with van der Waals surface area (Å²) < 4.78 is 0. The number of amides is 1. The lowest BCUT2D eigenvalue weighted by atomic mass is 10.0. The number of hydrazone groups is 1. The van der Waals surface area contributed by atoms with E-state index in [9.17, 15) is 4.79 Å². The van der Waals surface area contributed by atoms with Gasteiger partial charge in [0.15, 0.2) is 0 Å². The van der Waals surface area contributed by atoms with Gasteiger partial charge in [-0.05, 0) is 40.8 Å². The van der Waals surface area contributed by atoms with E-state index >= 15 is 0 Å². The molecule has 0 fully saturated rings. The Balaban J connectivity index is 1.73. The smallest absolute Gasteiger partial charge is 0.267 e. The molecule has 0 saturated heterocycles. The molecule has 3 aromatic rings. The molecule has 0 heterocycles. The lowest BCUT2D eigenvalue weighted by Crippen LogP contribution is -2.18. The Hall–Kier alpha value is -3.20. The van der Waals surface area contributed by atoms with E-state index in [0.29, 0.717) is 5.56 Å². The molecule has 3 heteroatoms. The van der Waals surface area contributed by atoms with E-state index in [1.54, 1.807) is 6.21 Å². The number of benzene rings is 3. The van der Waals surface area contributed by atoms with Crippen LogP contribution in [0.1, 0.15) is 48.5 Å². The number of hydrogen-bond donors (Lipinski definition) is 1. The van der Waals surface area contributed by atoms with Gasteiger partial charge in [-0.25, -0.2) is 5.43 Å². The first-order chi connectivity index (χ1) is 13.8. The van der Waals surface area contributed by atoms with Crippen molar-refractivity contribution in [2.24, 2.45) is 5.10 Å². The van der Waals surface area contributed by atoms with Gasteiger partial charge in [0.2, 0.25) is 0 Å². The van der Waals surface area contributed by atoms with Crippen LogP contribution in [0.25, 0.3) is 16.8 Å². The van der Waals surface area contributed by atoms with Crippen LogP contribution >= 0.6 is 0 Å². The fourth-order valence-corrected chi connectivity index (χ4v) is 3.17. The van der Waals surface area contributed by atoms with Crippen LogP contribution in [0.5, 0.6) is 0 Å². The van der Waals surface area contributed by atoms with Crippen LogP contribution < -0.4 is 5.43 Å². The predicted octanol–water partition coefficient (Wildman–Crippen LogP) is 6.22. The Kier molecular flexibility index (Phi) is 7.14. The van der Waals surface area contributed by atoms with Gasteiger partial charge in [-0.1, -0.05) is 92.6 Å². The normalized spacial score (nSPS) is 11.8. The molecule has 0 atom stereocenters. The quantitative estimate of drug-likeness (QED) is 0.285. The highest BCUT2D eigenvalue weighted by molar-refractivity contribution is 6.07. The summed E-state index contributed by atoms with van der Waals surface area (Å²) in [6.45, 7) is 2.19. The minimum absolute atomic E-state index is 0.194. The molecule has 0 spiro atoms. The first-order valence-electron chi connectivity index (χ1n) is 9.84. The maximum absolute atomic E-state index is 12.6. The molecule has 0 saturated carbocycles. The monoisotopic (exact) mass is 370 g/mol. The third-order valence-corrected chi connectivity index (χ3v) is 4.65. The fourth-order valence-electron chi connectivity index (χ4n) is 3.17. The highest BCUT2D eigenvalue weighted by atomic mass is 16.2. The second kappa shape index (κ2) is 10.2. The molecule has 142 valence electrons. The summed E-state index contributed by atoms with van der Waals surface area (Å²) in [6.07, 6.45) is 8.31. The first kappa shape index (κ1) is 19.6. The lowest BCUT2D eigenvalue weighted by molar-refractivity contribution is 0.0957. The Morgan fingerprint density at radius 2 is 1.68 bits per heavy atom. The van der Waals surface area contributed by atoms with Gasteiger partial charge in [-0.15, -0.1) is 0 Å². The average Bonchev–Trinajstić information content (AvgIpc) is 2.74. The minimum Gasteiger partial charge on any atom is -0.267 e. The van der Waals surface area contributed by atoms with Gasteiger partial charge >= 0.3 is 0 Å². The first-order valence-corrected chi connectivity index (χ1v) is 9.84. The molecule has 28 heavy (non-hydrogen) atoms. The molecule has 0 unspecified atom stereocenters. The zero-order valence-electron chi connectivity index (χ0n) is 16.3. The Morgan fingerprint density at radius 1 is 0.929 bits per heavy atom. The van der Waals surface area contributed by atoms with E-state index in [0.717, 1.165) is 34.8 Å². The van der Waals surface area contributed by atoms with Crippen molar-refractivity contribution in [2.75, 3.05) is 0 Å². The lowest BCUT2D eigenvalue weighted by Gasteiger charge is -2.06. The minimum atomic E-state index is -0.194. The van der Waals surface area contributed by atoms with E-state index in [1.807, 2.05) is 60.7 Å². The zero-order valence-corrected chi connectivity index (χ0v) is 16.3. The molecular weight excluding hydrogens is 344 g/mol. The van der Waals surface area contributed by atoms with Gasteiger partial charge in [0, 0.05) is 5.56 Å². The maximum Gasteiger partial charge on any atom is 0.271 e. The molecule has 0 bridgehead atoms. The highest BCUT2D eigenvalue weighted by Gasteiger charge is 2.08. The number of nitrogens with one attached hydrogen (secondary N) is 1. The second-order valence-electron chi connectivity index (χ2n) is 6.81. The van der Waals surface area contributed by atoms with Crippen LogP contribution in [0.4, 0.5) is 0 Å². The SMILES string of the molecule is CCCCCC(C=NNC(=O)c1cccc2ccccc12)=Cc1ccccc1. The maximum atomic E-state index is 12.6. The summed E-state index contributed by atoms with van der Waals surface area (Å²) >= 11 is 0. The van der Waals surface area contributed by atoms with E-state index in [-0.39, 0.29) is 5.91 Å². The Morgan fingerprint density at radius 3 is 2.50 bits per heavy atom. The summed E-state index contributed by atoms with van der Waals surface area (Å²) in [5.74, 6) is -0.194. The van der Waals surface area contributed by atoms with Gasteiger partial charge in [0.05, 0.1) is 6.21 Å². The molecule has 0 aromatic heterocycles. The standard InChI is InChI=1S/C25H26N2O/c1-2-3-5-13-21(18-20-11-6-4-7-12-20)19-26-27-25(28)24-17-10-15-22-14-8-9-16-23(22)24/h4,6-12,14-19H,2-3,5,13H2,1H3,(H,27,28). The molecule has 0 aliphatic carbocycles. The third-order valence-electron chi connectivity index (χ3n) is 4.65. The van der Waals surface area contributed by atoms with Gasteiger partial charge in [0.25, 0.3) is 5.91 Å². The summed E-state index contributed by atoms with van der Waals surface area (Å²) in [7, 11) is 0. The largest absolute Gasteiger partial charge is 0.271 e. The van der Waals surface area contributed by atoms with E-state index in [2.05, 4.69) is 35.7 Å². The second-order valence-corrected chi connectivity index (χ2v) is 6.81. The van der Waals surface area contributed by atoms with Crippen LogP contribution in [0, 0.1) is 0 Å². The van der Waals surface area contributed by atoms with Crippen molar-refractivity contribution in [3.8, 4) is 0 Å². The number of carbonyl (C=O) groups is 1. The number of unbranched alkanes of at least 4 members (excludes halogenated alkanes) is 2. The van der Waals surface area contributed by atoms with Gasteiger partial charge in [-0.3, -0.25) is 4.79 Å². The fraction of sp³-hybridized carbons (Fsp3) is 0.200. The molecule has 0 aliphatic heterocycles. The van der Waals surface area contributed by atoms with Gasteiger partial charge in [0.1, 0.15) is 0 Å². The van der Waals surface area contributed by atoms with Gasteiger partial charge < -0.3 is 0 Å². The van der Waals surface area contributed by atoms with Crippen molar-refractivity contribution in [3.63, 3.8) is 0 Å². The van der Waals surface area contributed by atoms with Crippen LogP contribution in [-0.2, 0) is 0 Å². The Bertz CT molecular complexity index is 969. The molecule has 0 aliphatic rings. The summed E-state index contributed by atoms with van der Waals surface area (Å²) in [6, 6.07) is 23.8. The molecule has 1 N–H and O–H groups in total. The molecule has 1 amide bonds. The molecule has 3 rings (SSSR count). The van der Waals surface area contributed by atoms with Crippen molar-refractivity contribution in [1.29, 1.82) is 0 Å². The molecule has 3 aromatic carbocycles. The van der Waals surface area contributed by atoms with E-state index in [1.165, 1.54) is 12.8 Å². The van der Waals surface area contributed by atoms with Crippen LogP contribution in [0.2, 0.25) is 0 Å². The number of carbonyl (C=O) groups excluding carboxylic acids is 1. The van der Waals surface area contributed by atoms with E-state index < -0.39 is 0 Å². The van der Waals surface area contributed by atoms with Crippen molar-refractivity contribution in [2.45, 2.75) is 32.6 Å². The summed E-state index contributed by atoms with van der Waals surface area (Å²) in [5, 5.41) is 6.21. The number of rotatable bonds is 8. The topological polar surface area (TPSA) is 41.5 Å². The Labute approximate surface area is 166 Å². The summed E-state index contributed by atoms with van der Waals surface area (Å²) in [4.78, 5) is 12.6. The zero-order chi connectivity index (χ0) is 19.6. The van der Waals surface area contributed by atoms with Crippen molar-refractivity contribution in [3.05, 3.63) is 89.5 Å². The molecule has 0 radical (unpaired) electrons. The third kappa shape index (κ3) is 5.40. The molecule has 3 nitrogen and oxygen atoms in total. The number of nitrogens with zero attached hydrogens (tertiary/aromatic N) is 1. The summed E-state index contributed by atoms with van der Waals surface area (Å²) in [5.41, 5.74) is 5.57. The van der Waals surface area contributed by atoms with Crippen molar-refractivity contribution in [1.82, 2.24) is 5.43 Å². The molecular formula is C25H26N2O. The van der Waals surface area contributed by atoms with Crippen LogP contribution in [0.15, 0.2) is 83.5 Å². The number of allylic oxidation sites excluding steroid dienone is 1. The average molecular weight is 370 g/mol. The number of fused-ring (bicyclic) bond motifs is 1. The van der Waals surface area contributed by atoms with Crippen molar-refractivity contribution >= 4 is 29.0 Å². The van der Waals surface area contributed by atoms with E-state index in [4.69, 9.17) is 0 Å². The predicted molar refractivity (Wildman–Crippen MR) is 118 cm³/mol. The van der Waals surface area contributed by atoms with Crippen LogP contribution in [0.3, 0.4) is 0 Å². The van der Waals surface area contributed by atoms with Crippen LogP contribution in [-0.4, -0.2) is 12.1 Å². The highest BCUT2D eigenvalue weighted by Crippen LogP contribution is 2.18. The van der Waals surface area contributed by atoms with Crippen molar-refractivity contribution < 1.29 is 4.79 Å².